The van der Waals surface area contributed by atoms with Crippen molar-refractivity contribution in [1.29, 1.82) is 0 Å². The Labute approximate surface area is 181 Å². The number of ether oxygens (including phenoxy) is 1. The van der Waals surface area contributed by atoms with Gasteiger partial charge in [0.15, 0.2) is 5.78 Å². The fraction of sp³-hybridized carbons (Fsp3) is 0.524. The summed E-state index contributed by atoms with van der Waals surface area (Å²) in [7, 11) is 0. The topological polar surface area (TPSA) is 80.6 Å². The van der Waals surface area contributed by atoms with Gasteiger partial charge < -0.3 is 14.5 Å². The highest BCUT2D eigenvalue weighted by molar-refractivity contribution is 6.00. The quantitative estimate of drug-likeness (QED) is 0.660. The highest BCUT2D eigenvalue weighted by Gasteiger charge is 2.48. The summed E-state index contributed by atoms with van der Waals surface area (Å²) in [5, 5.41) is 0. The summed E-state index contributed by atoms with van der Waals surface area (Å²) in [6, 6.07) is 2.60. The van der Waals surface area contributed by atoms with Crippen LogP contribution in [0.5, 0.6) is 0 Å². The van der Waals surface area contributed by atoms with Crippen LogP contribution < -0.4 is 15.4 Å². The summed E-state index contributed by atoms with van der Waals surface area (Å²) in [4.78, 5) is 37.2. The van der Waals surface area contributed by atoms with Crippen LogP contribution >= 0.6 is 0 Å². The second kappa shape index (κ2) is 7.58. The van der Waals surface area contributed by atoms with Crippen molar-refractivity contribution in [2.24, 2.45) is 0 Å². The van der Waals surface area contributed by atoms with E-state index in [1.165, 1.54) is 22.9 Å². The predicted molar refractivity (Wildman–Crippen MR) is 109 cm³/mol. The number of rotatable bonds is 4. The Morgan fingerprint density at radius 2 is 2.16 bits per heavy atom. The normalized spacial score (nSPS) is 24.7. The van der Waals surface area contributed by atoms with Crippen LogP contribution in [0.15, 0.2) is 29.2 Å². The van der Waals surface area contributed by atoms with Crippen LogP contribution in [0.3, 0.4) is 0 Å². The van der Waals surface area contributed by atoms with Crippen LogP contribution in [-0.2, 0) is 11.3 Å². The number of alkyl halides is 3. The van der Waals surface area contributed by atoms with Crippen LogP contribution in [0.1, 0.15) is 28.9 Å². The molecule has 170 valence electrons. The van der Waals surface area contributed by atoms with Crippen LogP contribution in [0.25, 0.3) is 0 Å². The summed E-state index contributed by atoms with van der Waals surface area (Å²) in [6.07, 6.45) is -2.56. The minimum absolute atomic E-state index is 0.0368. The third-order valence-corrected chi connectivity index (χ3v) is 6.43. The zero-order chi connectivity index (χ0) is 22.6. The number of hydrogen-bond acceptors (Lipinski definition) is 7. The number of fused-ring (bicyclic) bond motifs is 3. The summed E-state index contributed by atoms with van der Waals surface area (Å²) in [5.41, 5.74) is 0.257. The molecule has 2 saturated heterocycles. The first-order valence-corrected chi connectivity index (χ1v) is 10.5. The lowest BCUT2D eigenvalue weighted by molar-refractivity contribution is -0.152. The van der Waals surface area contributed by atoms with Crippen LogP contribution in [-0.4, -0.2) is 64.4 Å². The number of nitrogens with zero attached hydrogens (tertiary/aromatic N) is 5. The number of halogens is 3. The number of aromatic nitrogens is 3. The van der Waals surface area contributed by atoms with E-state index in [1.807, 2.05) is 4.90 Å². The van der Waals surface area contributed by atoms with Crippen molar-refractivity contribution in [2.75, 3.05) is 29.5 Å². The molecule has 0 N–H and O–H groups in total. The van der Waals surface area contributed by atoms with E-state index in [0.29, 0.717) is 24.7 Å². The Morgan fingerprint density at radius 3 is 2.81 bits per heavy atom. The van der Waals surface area contributed by atoms with Gasteiger partial charge in [0.2, 0.25) is 5.95 Å². The van der Waals surface area contributed by atoms with Crippen LogP contribution in [0.2, 0.25) is 0 Å². The van der Waals surface area contributed by atoms with Gasteiger partial charge >= 0.3 is 6.18 Å². The molecule has 11 heteroatoms. The third-order valence-electron chi connectivity index (χ3n) is 6.43. The smallest absolute Gasteiger partial charge is 0.374 e. The Hall–Kier alpha value is -2.95. The van der Waals surface area contributed by atoms with Crippen molar-refractivity contribution >= 4 is 17.5 Å². The third kappa shape index (κ3) is 3.54. The number of aryl methyl sites for hydroxylation is 1. The van der Waals surface area contributed by atoms with Gasteiger partial charge in [-0.25, -0.2) is 0 Å². The van der Waals surface area contributed by atoms with E-state index < -0.39 is 30.1 Å². The minimum atomic E-state index is -4.58. The lowest BCUT2D eigenvalue weighted by Gasteiger charge is -2.39. The molecule has 0 aliphatic carbocycles. The van der Waals surface area contributed by atoms with E-state index in [1.54, 1.807) is 13.0 Å². The number of anilines is 2. The van der Waals surface area contributed by atoms with Gasteiger partial charge in [-0.1, -0.05) is 0 Å². The molecule has 0 saturated carbocycles. The lowest BCUT2D eigenvalue weighted by Crippen LogP contribution is -2.54. The largest absolute Gasteiger partial charge is 0.408 e. The highest BCUT2D eigenvalue weighted by atomic mass is 19.4. The minimum Gasteiger partial charge on any atom is -0.374 e. The number of pyridine rings is 1. The molecule has 2 aromatic heterocycles. The first-order chi connectivity index (χ1) is 15.2. The second-order valence-electron chi connectivity index (χ2n) is 8.43. The van der Waals surface area contributed by atoms with Crippen molar-refractivity contribution in [3.8, 4) is 0 Å². The molecule has 3 aliphatic heterocycles. The summed E-state index contributed by atoms with van der Waals surface area (Å²) < 4.78 is 48.6. The van der Waals surface area contributed by atoms with E-state index in [2.05, 4.69) is 9.97 Å². The van der Waals surface area contributed by atoms with Gasteiger partial charge in [0, 0.05) is 36.6 Å². The Bertz CT molecular complexity index is 1120. The molecule has 2 aromatic rings. The molecule has 0 amide bonds. The fourth-order valence-electron chi connectivity index (χ4n) is 4.83. The van der Waals surface area contributed by atoms with E-state index in [-0.39, 0.29) is 36.6 Å². The maximum absolute atomic E-state index is 13.9. The lowest BCUT2D eigenvalue weighted by atomic mass is 10.1. The molecule has 2 bridgehead atoms. The van der Waals surface area contributed by atoms with Gasteiger partial charge in [0.25, 0.3) is 5.56 Å². The molecule has 0 aromatic carbocycles. The molecular formula is C21H22F3N5O3. The highest BCUT2D eigenvalue weighted by Crippen LogP contribution is 2.36. The SMILES string of the molecule is Cc1ncccc1C(=O)CN1c2nc(N3C[C@@H]4C[C@H]3CO4)cc(=O)n2CC[C@H]1C(F)(F)F. The molecule has 2 fully saturated rings. The van der Waals surface area contributed by atoms with Crippen molar-refractivity contribution in [2.45, 2.75) is 50.7 Å². The Morgan fingerprint density at radius 1 is 1.34 bits per heavy atom. The number of hydrogen-bond donors (Lipinski definition) is 0. The molecule has 0 spiro atoms. The number of carbonyl (C=O) groups excluding carboxylic acids is 1. The molecule has 3 aliphatic rings. The van der Waals surface area contributed by atoms with Crippen LogP contribution in [0, 0.1) is 6.92 Å². The van der Waals surface area contributed by atoms with Crippen molar-refractivity contribution in [3.63, 3.8) is 0 Å². The van der Waals surface area contributed by atoms with Gasteiger partial charge in [-0.05, 0) is 31.9 Å². The number of Topliss-reactive ketones (excluding diaryl/α,β-unsaturated/α-hetero) is 1. The molecule has 32 heavy (non-hydrogen) atoms. The van der Waals surface area contributed by atoms with Gasteiger partial charge in [-0.15, -0.1) is 0 Å². The van der Waals surface area contributed by atoms with Crippen molar-refractivity contribution in [3.05, 3.63) is 46.0 Å². The average molecular weight is 449 g/mol. The van der Waals surface area contributed by atoms with Gasteiger partial charge in [0.1, 0.15) is 11.9 Å². The Balaban J connectivity index is 1.55. The van der Waals surface area contributed by atoms with Gasteiger partial charge in [0.05, 0.1) is 25.3 Å². The zero-order valence-electron chi connectivity index (χ0n) is 17.4. The van der Waals surface area contributed by atoms with Crippen molar-refractivity contribution < 1.29 is 22.7 Å². The molecule has 5 rings (SSSR count). The summed E-state index contributed by atoms with van der Waals surface area (Å²) in [5.74, 6) is -0.305. The summed E-state index contributed by atoms with van der Waals surface area (Å²) >= 11 is 0. The maximum Gasteiger partial charge on any atom is 0.408 e. The van der Waals surface area contributed by atoms with E-state index >= 15 is 0 Å². The van der Waals surface area contributed by atoms with Gasteiger partial charge in [-0.3, -0.25) is 19.1 Å². The van der Waals surface area contributed by atoms with E-state index in [9.17, 15) is 22.8 Å². The predicted octanol–water partition coefficient (Wildman–Crippen LogP) is 1.95. The molecule has 8 nitrogen and oxygen atoms in total. The standard InChI is InChI=1S/C21H22F3N5O3/c1-12-15(3-2-5-25-12)16(30)10-29-17(21(22,23)24)4-6-27-19(31)8-18(26-20(27)29)28-9-14-7-13(28)11-32-14/h2-3,5,8,13-14,17H,4,6-7,9-11H2,1H3/t13-,14-,17-/m0/s1. The summed E-state index contributed by atoms with van der Waals surface area (Å²) in [6.45, 7) is 2.00. The monoisotopic (exact) mass is 449 g/mol. The van der Waals surface area contributed by atoms with E-state index in [4.69, 9.17) is 4.74 Å². The zero-order valence-corrected chi connectivity index (χ0v) is 17.4. The fourth-order valence-corrected chi connectivity index (χ4v) is 4.83. The average Bonchev–Trinajstić information content (AvgIpc) is 3.37. The first kappa shape index (κ1) is 20.9. The van der Waals surface area contributed by atoms with Crippen LogP contribution in [0.4, 0.5) is 24.9 Å². The molecule has 3 atom stereocenters. The van der Waals surface area contributed by atoms with Crippen molar-refractivity contribution in [1.82, 2.24) is 14.5 Å². The molecule has 0 unspecified atom stereocenters. The molecule has 0 radical (unpaired) electrons. The number of ketones is 1. The number of morpholine rings is 1. The first-order valence-electron chi connectivity index (χ1n) is 10.5. The number of carbonyl (C=O) groups is 1. The maximum atomic E-state index is 13.9. The Kier molecular flexibility index (Phi) is 4.95. The second-order valence-corrected chi connectivity index (χ2v) is 8.43. The molecular weight excluding hydrogens is 427 g/mol. The van der Waals surface area contributed by atoms with Gasteiger partial charge in [-0.2, -0.15) is 18.2 Å². The molecule has 5 heterocycles. The van der Waals surface area contributed by atoms with E-state index in [0.717, 1.165) is 11.3 Å².